The van der Waals surface area contributed by atoms with E-state index in [2.05, 4.69) is 62.4 Å². The zero-order chi connectivity index (χ0) is 52.9. The van der Waals surface area contributed by atoms with E-state index >= 15 is 0 Å². The molecule has 0 aliphatic rings. The summed E-state index contributed by atoms with van der Waals surface area (Å²) in [6, 6.07) is 44.3. The third-order valence-electron chi connectivity index (χ3n) is 13.8. The van der Waals surface area contributed by atoms with Crippen LogP contribution in [0.1, 0.15) is 187 Å². The van der Waals surface area contributed by atoms with E-state index in [1.165, 1.54) is 164 Å². The number of carbonyl (C=O) groups excluding carboxylic acids is 4. The first-order valence-corrected chi connectivity index (χ1v) is 28.1. The van der Waals surface area contributed by atoms with Crippen molar-refractivity contribution < 1.29 is 38.1 Å². The van der Waals surface area contributed by atoms with Gasteiger partial charge in [0.05, 0.1) is 23.5 Å². The molecule has 6 aromatic carbocycles. The normalized spacial score (nSPS) is 11.5. The molecule has 0 bridgehead atoms. The molecule has 0 heterocycles. The molecule has 396 valence electrons. The molecule has 0 aromatic heterocycles. The van der Waals surface area contributed by atoms with Gasteiger partial charge in [0.15, 0.2) is 0 Å². The minimum Gasteiger partial charge on any atom is -0.427 e. The Labute approximate surface area is 447 Å². The first kappa shape index (κ1) is 57.5. The first-order chi connectivity index (χ1) is 36.7. The highest BCUT2D eigenvalue weighted by Crippen LogP contribution is 2.27. The topological polar surface area (TPSA) is 105 Å². The molecule has 6 aromatic rings. The van der Waals surface area contributed by atoms with Crippen LogP contribution >= 0.6 is 0 Å². The molecule has 0 radical (unpaired) electrons. The zero-order valence-electron chi connectivity index (χ0n) is 45.0. The molecule has 0 saturated carbocycles. The minimum atomic E-state index is -0.810. The summed E-state index contributed by atoms with van der Waals surface area (Å²) < 4.78 is 22.1. The number of carbonyl (C=O) groups is 4. The Balaban J connectivity index is 0.846. The quantitative estimate of drug-likeness (QED) is 0.0228. The highest BCUT2D eigenvalue weighted by Gasteiger charge is 2.21. The van der Waals surface area contributed by atoms with Crippen molar-refractivity contribution in [2.75, 3.05) is 0 Å². The Bertz CT molecular complexity index is 2600. The Morgan fingerprint density at radius 1 is 0.333 bits per heavy atom. The third kappa shape index (κ3) is 20.8. The first-order valence-electron chi connectivity index (χ1n) is 28.1. The standard InChI is InChI=1S/C67H80O8/c1-4-6-8-10-12-14-16-18-20-22-24-52-26-30-54(31-27-52)56-34-38-58(39-35-56)66(70)74-62-44-42-60(43-45-62)72-64(68)50-51(3)65(69)73-61-46-48-63(49-47-61)75-67(71)59-40-36-57(37-41-59)55-32-28-53(29-33-55)25-23-21-19-17-15-13-11-9-7-5-2/h26-49,51H,4-25,50H2,1-3H3. The highest BCUT2D eigenvalue weighted by atomic mass is 16.6. The molecule has 75 heavy (non-hydrogen) atoms. The zero-order valence-corrected chi connectivity index (χ0v) is 45.0. The van der Waals surface area contributed by atoms with E-state index in [-0.39, 0.29) is 17.9 Å². The van der Waals surface area contributed by atoms with Gasteiger partial charge in [-0.2, -0.15) is 0 Å². The van der Waals surface area contributed by atoms with E-state index in [1.807, 2.05) is 24.3 Å². The molecule has 6 rings (SSSR count). The van der Waals surface area contributed by atoms with Crippen molar-refractivity contribution in [3.63, 3.8) is 0 Å². The monoisotopic (exact) mass is 1010 g/mol. The lowest BCUT2D eigenvalue weighted by molar-refractivity contribution is -0.144. The minimum absolute atomic E-state index is 0.228. The van der Waals surface area contributed by atoms with Gasteiger partial charge in [0.25, 0.3) is 0 Å². The molecule has 0 spiro atoms. The van der Waals surface area contributed by atoms with Gasteiger partial charge >= 0.3 is 23.9 Å². The predicted molar refractivity (Wildman–Crippen MR) is 303 cm³/mol. The summed E-state index contributed by atoms with van der Waals surface area (Å²) in [6.07, 6.45) is 28.6. The average molecular weight is 1010 g/mol. The average Bonchev–Trinajstić information content (AvgIpc) is 3.43. The Kier molecular flexibility index (Phi) is 24.9. The Morgan fingerprint density at radius 3 is 0.947 bits per heavy atom. The molecule has 1 unspecified atom stereocenters. The smallest absolute Gasteiger partial charge is 0.343 e. The summed E-state index contributed by atoms with van der Waals surface area (Å²) in [4.78, 5) is 51.6. The van der Waals surface area contributed by atoms with Crippen LogP contribution in [-0.2, 0) is 22.4 Å². The van der Waals surface area contributed by atoms with Gasteiger partial charge in [0, 0.05) is 0 Å². The lowest BCUT2D eigenvalue weighted by atomic mass is 10.00. The van der Waals surface area contributed by atoms with E-state index in [9.17, 15) is 19.2 Å². The highest BCUT2D eigenvalue weighted by molar-refractivity contribution is 5.92. The molecular formula is C67H80O8. The van der Waals surface area contributed by atoms with Gasteiger partial charge in [-0.1, -0.05) is 209 Å². The molecule has 0 N–H and O–H groups in total. The van der Waals surface area contributed by atoms with Gasteiger partial charge in [-0.3, -0.25) is 9.59 Å². The van der Waals surface area contributed by atoms with E-state index in [0.717, 1.165) is 35.1 Å². The van der Waals surface area contributed by atoms with Crippen LogP contribution in [0.2, 0.25) is 0 Å². The SMILES string of the molecule is CCCCCCCCCCCCc1ccc(-c2ccc(C(=O)Oc3ccc(OC(=O)CC(C)C(=O)Oc4ccc(OC(=O)c5ccc(-c6ccc(CCCCCCCCCCCC)cc6)cc5)cc4)cc3)cc2)cc1. The van der Waals surface area contributed by atoms with Gasteiger partial charge in [0.1, 0.15) is 23.0 Å². The second-order valence-electron chi connectivity index (χ2n) is 20.1. The van der Waals surface area contributed by atoms with Crippen LogP contribution < -0.4 is 18.9 Å². The molecular weight excluding hydrogens is 933 g/mol. The Hall–Kier alpha value is -6.80. The van der Waals surface area contributed by atoms with Crippen molar-refractivity contribution in [3.8, 4) is 45.3 Å². The van der Waals surface area contributed by atoms with E-state index in [1.54, 1.807) is 55.5 Å². The predicted octanol–water partition coefficient (Wildman–Crippen LogP) is 17.9. The summed E-state index contributed by atoms with van der Waals surface area (Å²) in [5.41, 5.74) is 7.74. The van der Waals surface area contributed by atoms with Crippen LogP contribution in [0, 0.1) is 5.92 Å². The van der Waals surface area contributed by atoms with Crippen molar-refractivity contribution in [2.24, 2.45) is 5.92 Å². The van der Waals surface area contributed by atoms with E-state index < -0.39 is 29.8 Å². The molecule has 0 fully saturated rings. The molecule has 0 aliphatic heterocycles. The van der Waals surface area contributed by atoms with Crippen LogP contribution in [0.3, 0.4) is 0 Å². The summed E-state index contributed by atoms with van der Waals surface area (Å²) in [5.74, 6) is -2.02. The van der Waals surface area contributed by atoms with Gasteiger partial charge in [-0.25, -0.2) is 9.59 Å². The number of rotatable bonds is 33. The van der Waals surface area contributed by atoms with Crippen molar-refractivity contribution in [3.05, 3.63) is 168 Å². The maximum atomic E-state index is 13.0. The van der Waals surface area contributed by atoms with Crippen molar-refractivity contribution >= 4 is 23.9 Å². The molecule has 0 aliphatic carbocycles. The van der Waals surface area contributed by atoms with Crippen LogP contribution in [0.5, 0.6) is 23.0 Å². The molecule has 8 nitrogen and oxygen atoms in total. The Morgan fingerprint density at radius 2 is 0.613 bits per heavy atom. The third-order valence-corrected chi connectivity index (χ3v) is 13.8. The fourth-order valence-corrected chi connectivity index (χ4v) is 9.16. The van der Waals surface area contributed by atoms with Crippen LogP contribution in [-0.4, -0.2) is 23.9 Å². The fourth-order valence-electron chi connectivity index (χ4n) is 9.16. The van der Waals surface area contributed by atoms with Crippen LogP contribution in [0.25, 0.3) is 22.3 Å². The second kappa shape index (κ2) is 32.5. The summed E-state index contributed by atoms with van der Waals surface area (Å²) >= 11 is 0. The van der Waals surface area contributed by atoms with Gasteiger partial charge in [-0.05, 0) is 132 Å². The summed E-state index contributed by atoms with van der Waals surface area (Å²) in [6.45, 7) is 6.10. The number of hydrogen-bond donors (Lipinski definition) is 0. The van der Waals surface area contributed by atoms with Gasteiger partial charge < -0.3 is 18.9 Å². The van der Waals surface area contributed by atoms with Gasteiger partial charge in [-0.15, -0.1) is 0 Å². The van der Waals surface area contributed by atoms with E-state index in [0.29, 0.717) is 22.6 Å². The largest absolute Gasteiger partial charge is 0.427 e. The number of aryl methyl sites for hydroxylation is 2. The van der Waals surface area contributed by atoms with Crippen molar-refractivity contribution in [1.29, 1.82) is 0 Å². The molecule has 1 atom stereocenters. The number of unbranched alkanes of at least 4 members (excludes halogenated alkanes) is 18. The van der Waals surface area contributed by atoms with Gasteiger partial charge in [0.2, 0.25) is 0 Å². The molecule has 0 amide bonds. The van der Waals surface area contributed by atoms with Crippen molar-refractivity contribution in [2.45, 2.75) is 168 Å². The van der Waals surface area contributed by atoms with Crippen molar-refractivity contribution in [1.82, 2.24) is 0 Å². The molecule has 8 heteroatoms. The lowest BCUT2D eigenvalue weighted by Crippen LogP contribution is -2.23. The number of ether oxygens (including phenoxy) is 4. The number of esters is 4. The fraction of sp³-hybridized carbons (Fsp3) is 0.403. The molecule has 0 saturated heterocycles. The lowest BCUT2D eigenvalue weighted by Gasteiger charge is -2.12. The summed E-state index contributed by atoms with van der Waals surface area (Å²) in [7, 11) is 0. The van der Waals surface area contributed by atoms with Crippen LogP contribution in [0.4, 0.5) is 0 Å². The maximum absolute atomic E-state index is 13.0. The second-order valence-corrected chi connectivity index (χ2v) is 20.1. The van der Waals surface area contributed by atoms with Crippen LogP contribution in [0.15, 0.2) is 146 Å². The number of hydrogen-bond acceptors (Lipinski definition) is 8. The van der Waals surface area contributed by atoms with E-state index in [4.69, 9.17) is 18.9 Å². The number of benzene rings is 6. The summed E-state index contributed by atoms with van der Waals surface area (Å²) in [5, 5.41) is 0. The maximum Gasteiger partial charge on any atom is 0.343 e.